The summed E-state index contributed by atoms with van der Waals surface area (Å²) in [4.78, 5) is 0. The van der Waals surface area contributed by atoms with Crippen LogP contribution in [-0.2, 0) is 12.7 Å². The molecule has 0 fully saturated rings. The molecular formula is C19H46O3Si3. The highest BCUT2D eigenvalue weighted by Gasteiger charge is 2.51. The Balaban J connectivity index is 5.57. The molecule has 0 aromatic rings. The van der Waals surface area contributed by atoms with Crippen LogP contribution < -0.4 is 0 Å². The maximum atomic E-state index is 7.03. The minimum atomic E-state index is -2.59. The third-order valence-electron chi connectivity index (χ3n) is 6.26. The molecule has 0 unspecified atom stereocenters. The van der Waals surface area contributed by atoms with Gasteiger partial charge in [0.2, 0.25) is 0 Å². The molecule has 0 spiro atoms. The molecule has 0 rings (SSSR count). The Bertz CT molecular complexity index is 293. The highest BCUT2D eigenvalue weighted by Crippen LogP contribution is 2.35. The maximum Gasteiger partial charge on any atom is 0.479 e. The van der Waals surface area contributed by atoms with Crippen molar-refractivity contribution in [2.45, 2.75) is 116 Å². The summed E-state index contributed by atoms with van der Waals surface area (Å²) >= 11 is 0. The fourth-order valence-electron chi connectivity index (χ4n) is 3.67. The van der Waals surface area contributed by atoms with Gasteiger partial charge in [-0.25, -0.2) is 0 Å². The quantitative estimate of drug-likeness (QED) is 0.200. The van der Waals surface area contributed by atoms with Crippen molar-refractivity contribution in [1.29, 1.82) is 0 Å². The van der Waals surface area contributed by atoms with E-state index < -0.39 is 25.4 Å². The van der Waals surface area contributed by atoms with Gasteiger partial charge < -0.3 is 12.7 Å². The van der Waals surface area contributed by atoms with Gasteiger partial charge in [0.1, 0.15) is 0 Å². The van der Waals surface area contributed by atoms with Crippen molar-refractivity contribution in [3.05, 3.63) is 0 Å². The summed E-state index contributed by atoms with van der Waals surface area (Å²) < 4.78 is 20.3. The molecule has 0 aliphatic rings. The Hall–Kier alpha value is 0.531. The third-order valence-corrected chi connectivity index (χ3v) is 21.5. The van der Waals surface area contributed by atoms with Crippen LogP contribution in [0.3, 0.4) is 0 Å². The van der Waals surface area contributed by atoms with Gasteiger partial charge in [0.15, 0.2) is 16.6 Å². The first-order chi connectivity index (χ1) is 11.9. The number of rotatable bonds is 16. The smallest absolute Gasteiger partial charge is 0.416 e. The van der Waals surface area contributed by atoms with Crippen molar-refractivity contribution in [2.24, 2.45) is 0 Å². The Kier molecular flexibility index (Phi) is 13.1. The molecule has 0 atom stereocenters. The van der Waals surface area contributed by atoms with Crippen LogP contribution in [-0.4, -0.2) is 32.5 Å². The van der Waals surface area contributed by atoms with Crippen molar-refractivity contribution in [1.82, 2.24) is 0 Å². The summed E-state index contributed by atoms with van der Waals surface area (Å²) in [6.45, 7) is 16.1. The van der Waals surface area contributed by atoms with Gasteiger partial charge in [-0.1, -0.05) is 67.7 Å². The van der Waals surface area contributed by atoms with Crippen LogP contribution in [0.4, 0.5) is 0 Å². The van der Waals surface area contributed by atoms with Crippen LogP contribution in [0.15, 0.2) is 0 Å². The number of unbranched alkanes of at least 4 members (excludes halogenated alkanes) is 3. The Labute approximate surface area is 161 Å². The predicted octanol–water partition coefficient (Wildman–Crippen LogP) is 7.20. The molecule has 0 aromatic carbocycles. The second-order valence-electron chi connectivity index (χ2n) is 7.39. The standard InChI is InChI=1S/C19H46O3Si3/c1-9-16-17-18-19-25(20-8,21-23(10-2,11-3)12-4)22-24(13-5,14-6)15-7/h9-19H2,1-8H3. The molecule has 0 saturated carbocycles. The second kappa shape index (κ2) is 12.8. The maximum absolute atomic E-state index is 7.03. The average Bonchev–Trinajstić information content (AvgIpc) is 2.67. The molecule has 152 valence electrons. The Morgan fingerprint density at radius 2 is 0.960 bits per heavy atom. The van der Waals surface area contributed by atoms with Gasteiger partial charge >= 0.3 is 8.80 Å². The first-order valence-electron chi connectivity index (χ1n) is 10.9. The minimum absolute atomic E-state index is 1.01. The van der Waals surface area contributed by atoms with E-state index in [-0.39, 0.29) is 0 Å². The fraction of sp³-hybridized carbons (Fsp3) is 1.00. The lowest BCUT2D eigenvalue weighted by molar-refractivity contribution is 0.191. The van der Waals surface area contributed by atoms with E-state index in [9.17, 15) is 0 Å². The molecular weight excluding hydrogens is 360 g/mol. The van der Waals surface area contributed by atoms with Gasteiger partial charge in [0.05, 0.1) is 0 Å². The summed E-state index contributed by atoms with van der Waals surface area (Å²) in [6, 6.07) is 7.98. The van der Waals surface area contributed by atoms with Crippen LogP contribution in [0.2, 0.25) is 42.3 Å². The van der Waals surface area contributed by atoms with Crippen LogP contribution in [0.5, 0.6) is 0 Å². The zero-order chi connectivity index (χ0) is 19.4. The highest BCUT2D eigenvalue weighted by molar-refractivity contribution is 6.87. The van der Waals surface area contributed by atoms with E-state index in [2.05, 4.69) is 48.5 Å². The van der Waals surface area contributed by atoms with Crippen molar-refractivity contribution >= 4 is 25.4 Å². The zero-order valence-electron chi connectivity index (χ0n) is 18.5. The zero-order valence-corrected chi connectivity index (χ0v) is 21.5. The van der Waals surface area contributed by atoms with E-state index in [0.29, 0.717) is 0 Å². The second-order valence-corrected chi connectivity index (χ2v) is 20.3. The van der Waals surface area contributed by atoms with E-state index in [1.54, 1.807) is 0 Å². The van der Waals surface area contributed by atoms with Gasteiger partial charge in [0, 0.05) is 13.2 Å². The van der Waals surface area contributed by atoms with Crippen molar-refractivity contribution in [3.63, 3.8) is 0 Å². The number of hydrogen-bond acceptors (Lipinski definition) is 3. The Morgan fingerprint density at radius 1 is 0.560 bits per heavy atom. The lowest BCUT2D eigenvalue weighted by atomic mass is 10.2. The SMILES string of the molecule is CCCCCC[Si](OC)(O[Si](CC)(CC)CC)O[Si](CC)(CC)CC. The largest absolute Gasteiger partial charge is 0.479 e. The van der Waals surface area contributed by atoms with Crippen LogP contribution in [0.1, 0.15) is 74.1 Å². The monoisotopic (exact) mass is 406 g/mol. The van der Waals surface area contributed by atoms with Gasteiger partial charge in [0.25, 0.3) is 0 Å². The predicted molar refractivity (Wildman–Crippen MR) is 118 cm³/mol. The fourth-order valence-corrected chi connectivity index (χ4v) is 18.3. The van der Waals surface area contributed by atoms with Crippen LogP contribution in [0, 0.1) is 0 Å². The number of hydrogen-bond donors (Lipinski definition) is 0. The summed E-state index contributed by atoms with van der Waals surface area (Å²) in [5.41, 5.74) is 0. The van der Waals surface area contributed by atoms with Gasteiger partial charge in [-0.15, -0.1) is 0 Å². The summed E-state index contributed by atoms with van der Waals surface area (Å²) in [5.74, 6) is 0. The van der Waals surface area contributed by atoms with Gasteiger partial charge in [-0.05, 0) is 42.7 Å². The molecule has 0 aromatic heterocycles. The summed E-state index contributed by atoms with van der Waals surface area (Å²) in [6.07, 6.45) is 5.00. The first-order valence-corrected chi connectivity index (χ1v) is 17.8. The van der Waals surface area contributed by atoms with Crippen LogP contribution in [0.25, 0.3) is 0 Å². The van der Waals surface area contributed by atoms with Crippen molar-refractivity contribution < 1.29 is 12.7 Å². The van der Waals surface area contributed by atoms with Crippen molar-refractivity contribution in [2.75, 3.05) is 7.11 Å². The Morgan fingerprint density at radius 3 is 1.24 bits per heavy atom. The van der Waals surface area contributed by atoms with Crippen molar-refractivity contribution in [3.8, 4) is 0 Å². The summed E-state index contributed by atoms with van der Waals surface area (Å²) in [7, 11) is -4.23. The molecule has 25 heavy (non-hydrogen) atoms. The van der Waals surface area contributed by atoms with E-state index in [0.717, 1.165) is 42.3 Å². The topological polar surface area (TPSA) is 27.7 Å². The molecule has 0 bridgehead atoms. The molecule has 0 saturated heterocycles. The highest BCUT2D eigenvalue weighted by atomic mass is 28.5. The molecule has 0 N–H and O–H groups in total. The molecule has 0 amide bonds. The minimum Gasteiger partial charge on any atom is -0.416 e. The molecule has 6 heteroatoms. The molecule has 3 nitrogen and oxygen atoms in total. The van der Waals surface area contributed by atoms with Gasteiger partial charge in [-0.3, -0.25) is 0 Å². The third kappa shape index (κ3) is 7.58. The van der Waals surface area contributed by atoms with E-state index in [1.807, 2.05) is 7.11 Å². The normalized spacial score (nSPS) is 13.4. The van der Waals surface area contributed by atoms with E-state index in [1.165, 1.54) is 25.7 Å². The van der Waals surface area contributed by atoms with E-state index in [4.69, 9.17) is 12.7 Å². The molecule has 0 heterocycles. The average molecular weight is 407 g/mol. The molecule has 0 radical (unpaired) electrons. The van der Waals surface area contributed by atoms with E-state index >= 15 is 0 Å². The summed E-state index contributed by atoms with van der Waals surface area (Å²) in [5, 5.41) is 0. The van der Waals surface area contributed by atoms with Gasteiger partial charge in [-0.2, -0.15) is 0 Å². The lowest BCUT2D eigenvalue weighted by Crippen LogP contribution is -2.59. The lowest BCUT2D eigenvalue weighted by Gasteiger charge is -2.44. The molecule has 0 aliphatic heterocycles. The first kappa shape index (κ1) is 25.5. The molecule has 0 aliphatic carbocycles. The van der Waals surface area contributed by atoms with Crippen LogP contribution >= 0.6 is 0 Å².